The third-order valence-corrected chi connectivity index (χ3v) is 5.15. The molecule has 4 nitrogen and oxygen atoms in total. The van der Waals surface area contributed by atoms with Crippen molar-refractivity contribution < 1.29 is 9.53 Å². The summed E-state index contributed by atoms with van der Waals surface area (Å²) in [6, 6.07) is 15.2. The molecule has 25 heavy (non-hydrogen) atoms. The highest BCUT2D eigenvalue weighted by Gasteiger charge is 2.14. The van der Waals surface area contributed by atoms with Crippen molar-refractivity contribution in [2.45, 2.75) is 13.0 Å². The predicted octanol–water partition coefficient (Wildman–Crippen LogP) is 4.69. The Kier molecular flexibility index (Phi) is 7.25. The van der Waals surface area contributed by atoms with Gasteiger partial charge in [-0.15, -0.1) is 0 Å². The molecule has 0 aromatic heterocycles. The van der Waals surface area contributed by atoms with Crippen LogP contribution in [-0.4, -0.2) is 13.0 Å². The quantitative estimate of drug-likeness (QED) is 0.330. The summed E-state index contributed by atoms with van der Waals surface area (Å²) in [5.74, 6) is 0.402. The van der Waals surface area contributed by atoms with Crippen molar-refractivity contribution in [2.75, 3.05) is 7.11 Å². The minimum absolute atomic E-state index is 0.0690. The van der Waals surface area contributed by atoms with E-state index in [0.717, 1.165) is 24.0 Å². The van der Waals surface area contributed by atoms with Gasteiger partial charge >= 0.3 is 0 Å². The maximum Gasteiger partial charge on any atom is 0.262 e. The third-order valence-electron chi connectivity index (χ3n) is 3.55. The summed E-state index contributed by atoms with van der Waals surface area (Å²) in [5, 5.41) is 12.2. The van der Waals surface area contributed by atoms with E-state index in [4.69, 9.17) is 4.74 Å². The monoisotopic (exact) mass is 558 g/mol. The summed E-state index contributed by atoms with van der Waals surface area (Å²) in [6.07, 6.45) is 1.59. The number of nitriles is 1. The molecule has 0 unspecified atom stereocenters. The van der Waals surface area contributed by atoms with Gasteiger partial charge in [0.25, 0.3) is 5.91 Å². The largest absolute Gasteiger partial charge is 0.495 e. The van der Waals surface area contributed by atoms with Crippen molar-refractivity contribution in [1.29, 1.82) is 5.26 Å². The Morgan fingerprint density at radius 3 is 2.36 bits per heavy atom. The van der Waals surface area contributed by atoms with Crippen LogP contribution in [-0.2, 0) is 4.79 Å². The molecule has 6 heteroatoms. The zero-order chi connectivity index (χ0) is 18.4. The lowest BCUT2D eigenvalue weighted by molar-refractivity contribution is -0.117. The molecule has 1 atom stereocenters. The molecule has 0 aliphatic heterocycles. The van der Waals surface area contributed by atoms with Gasteiger partial charge in [0.05, 0.1) is 20.3 Å². The zero-order valence-electron chi connectivity index (χ0n) is 13.7. The fourth-order valence-corrected chi connectivity index (χ4v) is 4.53. The molecule has 1 N–H and O–H groups in total. The maximum atomic E-state index is 12.4. The number of hydrogen-bond acceptors (Lipinski definition) is 3. The van der Waals surface area contributed by atoms with Crippen LogP contribution < -0.4 is 10.1 Å². The SMILES string of the molecule is COc1c(I)cc(/C=C(\C#N)C(=O)N[C@H](C)c2ccccc2)cc1I. The molecule has 0 aliphatic carbocycles. The molecule has 0 saturated carbocycles. The van der Waals surface area contributed by atoms with Crippen LogP contribution in [0, 0.1) is 18.5 Å². The lowest BCUT2D eigenvalue weighted by atomic mass is 10.1. The highest BCUT2D eigenvalue weighted by atomic mass is 127. The van der Waals surface area contributed by atoms with Crippen LogP contribution in [0.5, 0.6) is 5.75 Å². The van der Waals surface area contributed by atoms with Gasteiger partial charge in [-0.3, -0.25) is 4.79 Å². The Labute approximate surface area is 174 Å². The highest BCUT2D eigenvalue weighted by Crippen LogP contribution is 2.29. The zero-order valence-corrected chi connectivity index (χ0v) is 18.0. The van der Waals surface area contributed by atoms with E-state index in [1.807, 2.05) is 55.5 Å². The van der Waals surface area contributed by atoms with Gasteiger partial charge < -0.3 is 10.1 Å². The second kappa shape index (κ2) is 9.20. The first kappa shape index (κ1) is 19.7. The van der Waals surface area contributed by atoms with Gasteiger partial charge in [0.15, 0.2) is 0 Å². The van der Waals surface area contributed by atoms with Crippen LogP contribution in [0.4, 0.5) is 0 Å². The summed E-state index contributed by atoms with van der Waals surface area (Å²) in [5.41, 5.74) is 1.84. The van der Waals surface area contributed by atoms with Gasteiger partial charge in [0.1, 0.15) is 17.4 Å². The fraction of sp³-hybridized carbons (Fsp3) is 0.158. The maximum absolute atomic E-state index is 12.4. The van der Waals surface area contributed by atoms with Crippen molar-refractivity contribution >= 4 is 57.2 Å². The van der Waals surface area contributed by atoms with Gasteiger partial charge in [-0.1, -0.05) is 30.3 Å². The molecule has 2 aromatic rings. The minimum Gasteiger partial charge on any atom is -0.495 e. The molecule has 128 valence electrons. The number of nitrogens with zero attached hydrogens (tertiary/aromatic N) is 1. The van der Waals surface area contributed by atoms with Crippen molar-refractivity contribution in [3.63, 3.8) is 0 Å². The number of nitrogens with one attached hydrogen (secondary N) is 1. The van der Waals surface area contributed by atoms with Crippen LogP contribution in [0.15, 0.2) is 48.0 Å². The average molecular weight is 558 g/mol. The lowest BCUT2D eigenvalue weighted by Gasteiger charge is -2.14. The summed E-state index contributed by atoms with van der Waals surface area (Å²) >= 11 is 4.35. The number of halogens is 2. The summed E-state index contributed by atoms with van der Waals surface area (Å²) in [4.78, 5) is 12.4. The van der Waals surface area contributed by atoms with E-state index in [0.29, 0.717) is 0 Å². The fourth-order valence-electron chi connectivity index (χ4n) is 2.27. The molecule has 1 amide bonds. The van der Waals surface area contributed by atoms with Crippen molar-refractivity contribution in [3.05, 3.63) is 66.3 Å². The average Bonchev–Trinajstić information content (AvgIpc) is 2.60. The Morgan fingerprint density at radius 2 is 1.84 bits per heavy atom. The van der Waals surface area contributed by atoms with E-state index in [2.05, 4.69) is 50.5 Å². The molecular weight excluding hydrogens is 542 g/mol. The molecular formula is C19H16I2N2O2. The van der Waals surface area contributed by atoms with Gasteiger partial charge in [0, 0.05) is 0 Å². The predicted molar refractivity (Wildman–Crippen MR) is 115 cm³/mol. The molecule has 2 aromatic carbocycles. The Hall–Kier alpha value is -1.60. The summed E-state index contributed by atoms with van der Waals surface area (Å²) in [6.45, 7) is 1.89. The topological polar surface area (TPSA) is 62.1 Å². The molecule has 0 spiro atoms. The number of hydrogen-bond donors (Lipinski definition) is 1. The van der Waals surface area contributed by atoms with Crippen LogP contribution in [0.1, 0.15) is 24.1 Å². The van der Waals surface area contributed by atoms with Crippen molar-refractivity contribution in [2.24, 2.45) is 0 Å². The first-order chi connectivity index (χ1) is 12.0. The van der Waals surface area contributed by atoms with Crippen LogP contribution >= 0.6 is 45.2 Å². The minimum atomic E-state index is -0.389. The number of carbonyl (C=O) groups is 1. The highest BCUT2D eigenvalue weighted by molar-refractivity contribution is 14.1. The first-order valence-corrected chi connectivity index (χ1v) is 9.62. The Bertz CT molecular complexity index is 819. The number of carbonyl (C=O) groups excluding carboxylic acids is 1. The Balaban J connectivity index is 2.23. The molecule has 2 rings (SSSR count). The second-order valence-electron chi connectivity index (χ2n) is 5.29. The Morgan fingerprint density at radius 1 is 1.24 bits per heavy atom. The summed E-state index contributed by atoms with van der Waals surface area (Å²) < 4.78 is 7.18. The molecule has 0 bridgehead atoms. The third kappa shape index (κ3) is 5.19. The van der Waals surface area contributed by atoms with Crippen LogP contribution in [0.25, 0.3) is 6.08 Å². The molecule has 0 radical (unpaired) electrons. The van der Waals surface area contributed by atoms with E-state index in [1.54, 1.807) is 13.2 Å². The van der Waals surface area contributed by atoms with E-state index in [9.17, 15) is 10.1 Å². The standard InChI is InChI=1S/C19H16I2N2O2/c1-12(14-6-4-3-5-7-14)23-19(24)15(11-22)8-13-9-16(20)18(25-2)17(21)10-13/h3-10,12H,1-2H3,(H,23,24)/b15-8+/t12-/m1/s1. The number of ether oxygens (including phenoxy) is 1. The molecule has 0 heterocycles. The van der Waals surface area contributed by atoms with Crippen molar-refractivity contribution in [1.82, 2.24) is 5.32 Å². The number of benzene rings is 2. The molecule has 0 saturated heterocycles. The van der Waals surface area contributed by atoms with E-state index >= 15 is 0 Å². The van der Waals surface area contributed by atoms with Gasteiger partial charge in [-0.05, 0) is 81.4 Å². The lowest BCUT2D eigenvalue weighted by Crippen LogP contribution is -2.27. The van der Waals surface area contributed by atoms with E-state index in [1.165, 1.54) is 0 Å². The normalized spacial score (nSPS) is 12.2. The van der Waals surface area contributed by atoms with Gasteiger partial charge in [0.2, 0.25) is 0 Å². The first-order valence-electron chi connectivity index (χ1n) is 7.47. The number of methoxy groups -OCH3 is 1. The van der Waals surface area contributed by atoms with E-state index < -0.39 is 0 Å². The second-order valence-corrected chi connectivity index (χ2v) is 7.62. The summed E-state index contributed by atoms with van der Waals surface area (Å²) in [7, 11) is 1.62. The smallest absolute Gasteiger partial charge is 0.262 e. The van der Waals surface area contributed by atoms with E-state index in [-0.39, 0.29) is 17.5 Å². The van der Waals surface area contributed by atoms with Crippen LogP contribution in [0.3, 0.4) is 0 Å². The molecule has 0 fully saturated rings. The molecule has 0 aliphatic rings. The number of amides is 1. The van der Waals surface area contributed by atoms with Crippen molar-refractivity contribution in [3.8, 4) is 11.8 Å². The number of rotatable bonds is 5. The van der Waals surface area contributed by atoms with Crippen LogP contribution in [0.2, 0.25) is 0 Å². The van der Waals surface area contributed by atoms with Gasteiger partial charge in [-0.2, -0.15) is 5.26 Å². The van der Waals surface area contributed by atoms with Gasteiger partial charge in [-0.25, -0.2) is 0 Å².